The van der Waals surface area contributed by atoms with Crippen LogP contribution in [0.4, 0.5) is 0 Å². The SMILES string of the molecule is CC(C)c1cccc(C(C)C)c1C(C)(C)c1ccccc1.OO. The van der Waals surface area contributed by atoms with Gasteiger partial charge in [0.1, 0.15) is 0 Å². The van der Waals surface area contributed by atoms with Gasteiger partial charge in [-0.2, -0.15) is 0 Å². The Kier molecular flexibility index (Phi) is 6.99. The van der Waals surface area contributed by atoms with Gasteiger partial charge in [-0.25, -0.2) is 0 Å². The van der Waals surface area contributed by atoms with Crippen LogP contribution in [0.5, 0.6) is 0 Å². The molecule has 2 rings (SSSR count). The van der Waals surface area contributed by atoms with Crippen LogP contribution >= 0.6 is 0 Å². The molecule has 0 aliphatic rings. The van der Waals surface area contributed by atoms with Gasteiger partial charge in [-0.15, -0.1) is 0 Å². The molecule has 0 saturated heterocycles. The van der Waals surface area contributed by atoms with Crippen LogP contribution in [0.2, 0.25) is 0 Å². The molecule has 0 amide bonds. The molecule has 0 aliphatic heterocycles. The molecule has 0 fully saturated rings. The Morgan fingerprint density at radius 2 is 1.13 bits per heavy atom. The summed E-state index contributed by atoms with van der Waals surface area (Å²) in [6.45, 7) is 13.9. The Balaban J connectivity index is 0.00000127. The minimum absolute atomic E-state index is 0.0295. The third kappa shape index (κ3) is 4.21. The van der Waals surface area contributed by atoms with Crippen LogP contribution in [0.15, 0.2) is 48.5 Å². The first-order valence-corrected chi connectivity index (χ1v) is 8.24. The summed E-state index contributed by atoms with van der Waals surface area (Å²) < 4.78 is 0. The van der Waals surface area contributed by atoms with E-state index in [0.717, 1.165) is 0 Å². The maximum absolute atomic E-state index is 6.00. The number of rotatable bonds is 4. The van der Waals surface area contributed by atoms with Gasteiger partial charge >= 0.3 is 0 Å². The van der Waals surface area contributed by atoms with Crippen molar-refractivity contribution in [3.05, 3.63) is 70.8 Å². The number of hydrogen-bond acceptors (Lipinski definition) is 2. The van der Waals surface area contributed by atoms with E-state index in [1.165, 1.54) is 22.3 Å². The summed E-state index contributed by atoms with van der Waals surface area (Å²) in [5.41, 5.74) is 5.90. The van der Waals surface area contributed by atoms with E-state index in [4.69, 9.17) is 10.5 Å². The molecule has 2 nitrogen and oxygen atoms in total. The lowest BCUT2D eigenvalue weighted by Gasteiger charge is -2.33. The highest BCUT2D eigenvalue weighted by Crippen LogP contribution is 2.40. The van der Waals surface area contributed by atoms with Crippen molar-refractivity contribution >= 4 is 0 Å². The summed E-state index contributed by atoms with van der Waals surface area (Å²) in [6.07, 6.45) is 0. The van der Waals surface area contributed by atoms with Crippen LogP contribution in [0.25, 0.3) is 0 Å². The number of benzene rings is 2. The van der Waals surface area contributed by atoms with E-state index < -0.39 is 0 Å². The lowest BCUT2D eigenvalue weighted by molar-refractivity contribution is -0.176. The topological polar surface area (TPSA) is 40.5 Å². The fraction of sp³-hybridized carbons (Fsp3) is 0.429. The summed E-state index contributed by atoms with van der Waals surface area (Å²) in [5, 5.41) is 12.0. The molecule has 2 N–H and O–H groups in total. The van der Waals surface area contributed by atoms with Crippen molar-refractivity contribution in [1.82, 2.24) is 0 Å². The second-order valence-corrected chi connectivity index (χ2v) is 7.11. The lowest BCUT2D eigenvalue weighted by Crippen LogP contribution is -2.24. The van der Waals surface area contributed by atoms with Crippen molar-refractivity contribution in [2.24, 2.45) is 0 Å². The van der Waals surface area contributed by atoms with Gasteiger partial charge in [0.15, 0.2) is 0 Å². The third-order valence-electron chi connectivity index (χ3n) is 4.49. The summed E-state index contributed by atoms with van der Waals surface area (Å²) in [7, 11) is 0. The van der Waals surface area contributed by atoms with E-state index in [2.05, 4.69) is 90.1 Å². The molecule has 0 unspecified atom stereocenters. The Morgan fingerprint density at radius 3 is 1.52 bits per heavy atom. The van der Waals surface area contributed by atoms with Crippen LogP contribution in [0, 0.1) is 0 Å². The molecule has 0 aromatic heterocycles. The number of hydrogen-bond donors (Lipinski definition) is 2. The van der Waals surface area contributed by atoms with Gasteiger partial charge in [-0.3, -0.25) is 10.5 Å². The molecule has 126 valence electrons. The second-order valence-electron chi connectivity index (χ2n) is 7.11. The minimum atomic E-state index is 0.0295. The molecule has 2 aromatic carbocycles. The molecule has 0 atom stereocenters. The quantitative estimate of drug-likeness (QED) is 0.515. The molecule has 23 heavy (non-hydrogen) atoms. The van der Waals surface area contributed by atoms with Crippen molar-refractivity contribution in [2.45, 2.75) is 58.8 Å². The van der Waals surface area contributed by atoms with Gasteiger partial charge < -0.3 is 0 Å². The summed E-state index contributed by atoms with van der Waals surface area (Å²) in [6, 6.07) is 17.7. The highest BCUT2D eigenvalue weighted by Gasteiger charge is 2.29. The minimum Gasteiger partial charge on any atom is -0.255 e. The molecule has 0 spiro atoms. The van der Waals surface area contributed by atoms with Crippen LogP contribution < -0.4 is 0 Å². The molecule has 0 radical (unpaired) electrons. The standard InChI is InChI=1S/C21H28.H2O2/c1-15(2)18-13-10-14-19(16(3)4)20(18)21(5,6)17-11-8-7-9-12-17;1-2/h7-16H,1-6H3;1-2H. The van der Waals surface area contributed by atoms with Crippen molar-refractivity contribution in [2.75, 3.05) is 0 Å². The molecular formula is C21H30O2. The monoisotopic (exact) mass is 314 g/mol. The second kappa shape index (κ2) is 8.28. The highest BCUT2D eigenvalue weighted by molar-refractivity contribution is 5.49. The van der Waals surface area contributed by atoms with E-state index in [1.807, 2.05) is 0 Å². The summed E-state index contributed by atoms with van der Waals surface area (Å²) >= 11 is 0. The highest BCUT2D eigenvalue weighted by atomic mass is 17.0. The molecule has 2 heteroatoms. The van der Waals surface area contributed by atoms with Crippen molar-refractivity contribution in [3.63, 3.8) is 0 Å². The van der Waals surface area contributed by atoms with Crippen LogP contribution in [0.1, 0.15) is 75.6 Å². The van der Waals surface area contributed by atoms with Crippen LogP contribution in [-0.4, -0.2) is 10.5 Å². The Hall–Kier alpha value is -1.64. The lowest BCUT2D eigenvalue weighted by atomic mass is 9.71. The first-order chi connectivity index (χ1) is 10.9. The maximum atomic E-state index is 6.00. The van der Waals surface area contributed by atoms with Crippen LogP contribution in [-0.2, 0) is 5.41 Å². The van der Waals surface area contributed by atoms with E-state index in [-0.39, 0.29) is 5.41 Å². The predicted octanol–water partition coefficient (Wildman–Crippen LogP) is 6.28. The molecule has 0 aliphatic carbocycles. The molecular weight excluding hydrogens is 284 g/mol. The molecule has 0 bridgehead atoms. The normalized spacial score (nSPS) is 11.4. The Labute approximate surface area is 140 Å². The van der Waals surface area contributed by atoms with Gasteiger partial charge in [0.05, 0.1) is 0 Å². The zero-order valence-electron chi connectivity index (χ0n) is 15.2. The van der Waals surface area contributed by atoms with Crippen molar-refractivity contribution in [1.29, 1.82) is 0 Å². The summed E-state index contributed by atoms with van der Waals surface area (Å²) in [4.78, 5) is 0. The van der Waals surface area contributed by atoms with Gasteiger partial charge in [0, 0.05) is 5.41 Å². The first kappa shape index (κ1) is 19.4. The van der Waals surface area contributed by atoms with Crippen LogP contribution in [0.3, 0.4) is 0 Å². The van der Waals surface area contributed by atoms with Gasteiger partial charge in [-0.05, 0) is 34.1 Å². The van der Waals surface area contributed by atoms with Gasteiger partial charge in [0.2, 0.25) is 0 Å². The Bertz CT molecular complexity index is 572. The average Bonchev–Trinajstić information content (AvgIpc) is 2.56. The maximum Gasteiger partial charge on any atom is 0.0152 e. The van der Waals surface area contributed by atoms with Crippen molar-refractivity contribution < 1.29 is 10.5 Å². The zero-order valence-corrected chi connectivity index (χ0v) is 15.2. The van der Waals surface area contributed by atoms with E-state index in [9.17, 15) is 0 Å². The van der Waals surface area contributed by atoms with Crippen molar-refractivity contribution in [3.8, 4) is 0 Å². The average molecular weight is 314 g/mol. The molecule has 2 aromatic rings. The van der Waals surface area contributed by atoms with E-state index in [0.29, 0.717) is 11.8 Å². The molecule has 0 saturated carbocycles. The predicted molar refractivity (Wildman–Crippen MR) is 98.4 cm³/mol. The molecule has 0 heterocycles. The van der Waals surface area contributed by atoms with E-state index in [1.54, 1.807) is 0 Å². The first-order valence-electron chi connectivity index (χ1n) is 8.24. The largest absolute Gasteiger partial charge is 0.255 e. The van der Waals surface area contributed by atoms with Gasteiger partial charge in [0.25, 0.3) is 0 Å². The fourth-order valence-electron chi connectivity index (χ4n) is 3.27. The third-order valence-corrected chi connectivity index (χ3v) is 4.49. The Morgan fingerprint density at radius 1 is 0.696 bits per heavy atom. The summed E-state index contributed by atoms with van der Waals surface area (Å²) in [5.74, 6) is 1.09. The van der Waals surface area contributed by atoms with E-state index >= 15 is 0 Å². The smallest absolute Gasteiger partial charge is 0.0152 e. The van der Waals surface area contributed by atoms with Gasteiger partial charge in [-0.1, -0.05) is 90.1 Å². The fourth-order valence-corrected chi connectivity index (χ4v) is 3.27. The zero-order chi connectivity index (χ0) is 17.6.